The molecule has 3 aromatic heterocycles. The van der Waals surface area contributed by atoms with Crippen LogP contribution in [0.2, 0.25) is 0 Å². The Morgan fingerprint density at radius 2 is 1.48 bits per heavy atom. The minimum atomic E-state index is 1.25. The number of benzene rings is 3. The minimum Gasteiger partial charge on any atom is -0.308 e. The van der Waals surface area contributed by atoms with E-state index in [1.807, 2.05) is 0 Å². The van der Waals surface area contributed by atoms with Crippen molar-refractivity contribution in [3.63, 3.8) is 0 Å². The van der Waals surface area contributed by atoms with Gasteiger partial charge in [-0.1, -0.05) is 42.5 Å². The van der Waals surface area contributed by atoms with Crippen molar-refractivity contribution in [2.75, 3.05) is 0 Å². The van der Waals surface area contributed by atoms with E-state index in [1.54, 1.807) is 0 Å². The maximum atomic E-state index is 2.45. The summed E-state index contributed by atoms with van der Waals surface area (Å²) in [5.41, 5.74) is 7.79. The number of aromatic nitrogens is 2. The van der Waals surface area contributed by atoms with Gasteiger partial charge in [0.05, 0.1) is 22.1 Å². The van der Waals surface area contributed by atoms with Crippen molar-refractivity contribution >= 4 is 38.1 Å². The molecule has 6 aromatic rings. The van der Waals surface area contributed by atoms with Crippen LogP contribution in [0.15, 0.2) is 79.0 Å². The third-order valence-electron chi connectivity index (χ3n) is 5.91. The molecule has 3 aromatic carbocycles. The number of hydrogen-bond donors (Lipinski definition) is 0. The quantitative estimate of drug-likeness (QED) is 0.340. The lowest BCUT2D eigenvalue weighted by atomic mass is 9.97. The van der Waals surface area contributed by atoms with E-state index in [0.29, 0.717) is 0 Å². The summed E-state index contributed by atoms with van der Waals surface area (Å²) < 4.78 is 4.66. The molecule has 0 fully saturated rings. The fourth-order valence-electron chi connectivity index (χ4n) is 4.74. The molecule has 0 aliphatic rings. The first-order chi connectivity index (χ1) is 13.3. The van der Waals surface area contributed by atoms with Crippen LogP contribution >= 0.6 is 0 Å². The zero-order valence-corrected chi connectivity index (χ0v) is 15.4. The number of hydrogen-bond acceptors (Lipinski definition) is 0. The van der Waals surface area contributed by atoms with Crippen LogP contribution in [0.3, 0.4) is 0 Å². The maximum absolute atomic E-state index is 2.45. The van der Waals surface area contributed by atoms with Crippen molar-refractivity contribution in [3.8, 4) is 11.3 Å². The van der Waals surface area contributed by atoms with E-state index in [-0.39, 0.29) is 0 Å². The SMILES string of the molecule is Cc1ccc2c(c1-c1cccc[n+]1C)c1cccc3c4ccccc4n2c31. The molecule has 2 heteroatoms. The van der Waals surface area contributed by atoms with Gasteiger partial charge in [-0.2, -0.15) is 0 Å². The maximum Gasteiger partial charge on any atom is 0.213 e. The lowest BCUT2D eigenvalue weighted by Crippen LogP contribution is -2.30. The Bertz CT molecular complexity index is 1490. The predicted octanol–water partition coefficient (Wildman–Crippen LogP) is 5.64. The van der Waals surface area contributed by atoms with Crippen molar-refractivity contribution in [1.29, 1.82) is 0 Å². The van der Waals surface area contributed by atoms with Crippen molar-refractivity contribution in [1.82, 2.24) is 4.40 Å². The minimum absolute atomic E-state index is 1.25. The first-order valence-electron chi connectivity index (χ1n) is 9.37. The average molecular weight is 347 g/mol. The molecule has 2 nitrogen and oxygen atoms in total. The van der Waals surface area contributed by atoms with E-state index in [9.17, 15) is 0 Å². The van der Waals surface area contributed by atoms with Crippen LogP contribution < -0.4 is 4.57 Å². The highest BCUT2D eigenvalue weighted by Crippen LogP contribution is 2.42. The summed E-state index contributed by atoms with van der Waals surface area (Å²) in [6.07, 6.45) is 2.12. The molecule has 6 rings (SSSR count). The summed E-state index contributed by atoms with van der Waals surface area (Å²) in [5.74, 6) is 0. The molecule has 27 heavy (non-hydrogen) atoms. The van der Waals surface area contributed by atoms with Gasteiger partial charge in [-0.3, -0.25) is 0 Å². The monoisotopic (exact) mass is 347 g/mol. The molecule has 0 unspecified atom stereocenters. The Balaban J connectivity index is 1.94. The lowest BCUT2D eigenvalue weighted by molar-refractivity contribution is -0.660. The fourth-order valence-corrected chi connectivity index (χ4v) is 4.74. The Labute approximate surface area is 157 Å². The van der Waals surface area contributed by atoms with Gasteiger partial charge in [0, 0.05) is 33.7 Å². The van der Waals surface area contributed by atoms with Crippen molar-refractivity contribution in [2.24, 2.45) is 7.05 Å². The van der Waals surface area contributed by atoms with Gasteiger partial charge >= 0.3 is 0 Å². The van der Waals surface area contributed by atoms with Crippen LogP contribution in [0.1, 0.15) is 5.56 Å². The molecule has 128 valence electrons. The second kappa shape index (κ2) is 5.08. The van der Waals surface area contributed by atoms with Crippen LogP contribution in [0, 0.1) is 6.92 Å². The molecule has 0 aliphatic heterocycles. The second-order valence-corrected chi connectivity index (χ2v) is 7.40. The molecule has 0 amide bonds. The molecular weight excluding hydrogens is 328 g/mol. The molecule has 0 spiro atoms. The van der Waals surface area contributed by atoms with Gasteiger partial charge in [0.25, 0.3) is 0 Å². The van der Waals surface area contributed by atoms with Crippen molar-refractivity contribution in [3.05, 3.63) is 84.6 Å². The third-order valence-corrected chi connectivity index (χ3v) is 5.91. The molecule has 0 radical (unpaired) electrons. The Morgan fingerprint density at radius 3 is 2.37 bits per heavy atom. The molecule has 0 atom stereocenters. The van der Waals surface area contributed by atoms with Gasteiger partial charge in [-0.15, -0.1) is 0 Å². The molecule has 0 saturated carbocycles. The Kier molecular flexibility index (Phi) is 2.77. The Hall–Kier alpha value is -3.39. The summed E-state index contributed by atoms with van der Waals surface area (Å²) >= 11 is 0. The first-order valence-corrected chi connectivity index (χ1v) is 9.37. The van der Waals surface area contributed by atoms with Crippen LogP contribution in [0.25, 0.3) is 49.4 Å². The summed E-state index contributed by atoms with van der Waals surface area (Å²) in [5, 5.41) is 5.34. The number of para-hydroxylation sites is 2. The summed E-state index contributed by atoms with van der Waals surface area (Å²) in [7, 11) is 2.12. The van der Waals surface area contributed by atoms with Crippen LogP contribution in [0.5, 0.6) is 0 Å². The third kappa shape index (κ3) is 1.77. The largest absolute Gasteiger partial charge is 0.308 e. The van der Waals surface area contributed by atoms with Gasteiger partial charge in [0.2, 0.25) is 5.69 Å². The zero-order chi connectivity index (χ0) is 18.1. The fraction of sp³-hybridized carbons (Fsp3) is 0.0800. The Morgan fingerprint density at radius 1 is 0.704 bits per heavy atom. The molecular formula is C25H19N2+. The second-order valence-electron chi connectivity index (χ2n) is 7.40. The number of fused-ring (bicyclic) bond motifs is 6. The molecule has 3 heterocycles. The summed E-state index contributed by atoms with van der Waals surface area (Å²) in [6, 6.07) is 26.4. The van der Waals surface area contributed by atoms with Gasteiger partial charge < -0.3 is 4.40 Å². The standard InChI is InChI=1S/C25H19N2/c1-16-13-14-22-24(23(16)21-12-5-6-15-26(21)2)19-10-7-9-18-17-8-3-4-11-20(17)27(22)25(18)19/h3-15H,1-2H3/q+1. The smallest absolute Gasteiger partial charge is 0.213 e. The molecule has 0 N–H and O–H groups in total. The highest BCUT2D eigenvalue weighted by atomic mass is 14.9. The van der Waals surface area contributed by atoms with Crippen LogP contribution in [-0.2, 0) is 7.05 Å². The normalized spacial score (nSPS) is 12.1. The highest BCUT2D eigenvalue weighted by Gasteiger charge is 2.23. The average Bonchev–Trinajstić information content (AvgIpc) is 3.21. The highest BCUT2D eigenvalue weighted by molar-refractivity contribution is 6.25. The van der Waals surface area contributed by atoms with Gasteiger partial charge in [-0.25, -0.2) is 4.57 Å². The van der Waals surface area contributed by atoms with E-state index in [1.165, 1.54) is 54.9 Å². The zero-order valence-electron chi connectivity index (χ0n) is 15.4. The van der Waals surface area contributed by atoms with Crippen LogP contribution in [-0.4, -0.2) is 4.40 Å². The number of rotatable bonds is 1. The van der Waals surface area contributed by atoms with E-state index in [0.717, 1.165) is 0 Å². The van der Waals surface area contributed by atoms with Gasteiger partial charge in [0.1, 0.15) is 7.05 Å². The number of aryl methyl sites for hydroxylation is 2. The predicted molar refractivity (Wildman–Crippen MR) is 112 cm³/mol. The summed E-state index contributed by atoms with van der Waals surface area (Å²) in [4.78, 5) is 0. The van der Waals surface area contributed by atoms with E-state index in [2.05, 4.69) is 102 Å². The van der Waals surface area contributed by atoms with E-state index in [4.69, 9.17) is 0 Å². The topological polar surface area (TPSA) is 8.29 Å². The number of pyridine rings is 1. The lowest BCUT2D eigenvalue weighted by Gasteiger charge is -2.07. The molecule has 0 aliphatic carbocycles. The van der Waals surface area contributed by atoms with Crippen molar-refractivity contribution < 1.29 is 4.57 Å². The molecule has 0 saturated heterocycles. The summed E-state index contributed by atoms with van der Waals surface area (Å²) in [6.45, 7) is 2.22. The molecule has 0 bridgehead atoms. The van der Waals surface area contributed by atoms with Gasteiger partial charge in [0.15, 0.2) is 6.20 Å². The first kappa shape index (κ1) is 14.7. The van der Waals surface area contributed by atoms with E-state index < -0.39 is 0 Å². The van der Waals surface area contributed by atoms with Gasteiger partial charge in [-0.05, 0) is 30.7 Å². The van der Waals surface area contributed by atoms with Crippen molar-refractivity contribution in [2.45, 2.75) is 6.92 Å². The van der Waals surface area contributed by atoms with E-state index >= 15 is 0 Å². The number of nitrogens with zero attached hydrogens (tertiary/aromatic N) is 2. The van der Waals surface area contributed by atoms with Crippen LogP contribution in [0.4, 0.5) is 0 Å².